The Kier molecular flexibility index (Phi) is 5.62. The van der Waals surface area contributed by atoms with Gasteiger partial charge in [0.25, 0.3) is 0 Å². The van der Waals surface area contributed by atoms with Crippen molar-refractivity contribution in [2.45, 2.75) is 19.8 Å². The molecule has 0 amide bonds. The first-order valence-electron chi connectivity index (χ1n) is 12.0. The van der Waals surface area contributed by atoms with Gasteiger partial charge in [-0.2, -0.15) is 16.4 Å². The monoisotopic (exact) mass is 490 g/mol. The zero-order chi connectivity index (χ0) is 24.6. The molecule has 0 aliphatic heterocycles. The molecular formula is C29H26N6S. The molecule has 1 aromatic carbocycles. The fourth-order valence-corrected chi connectivity index (χ4v) is 5.04. The molecule has 1 aliphatic carbocycles. The van der Waals surface area contributed by atoms with Gasteiger partial charge in [-0.05, 0) is 77.9 Å². The summed E-state index contributed by atoms with van der Waals surface area (Å²) >= 11 is 1.68. The van der Waals surface area contributed by atoms with Crippen LogP contribution in [0.15, 0.2) is 90.1 Å². The van der Waals surface area contributed by atoms with Crippen LogP contribution >= 0.6 is 11.3 Å². The molecule has 0 atom stereocenters. The zero-order valence-electron chi connectivity index (χ0n) is 20.0. The molecule has 4 heterocycles. The van der Waals surface area contributed by atoms with E-state index in [9.17, 15) is 0 Å². The minimum absolute atomic E-state index is 0.564. The molecule has 4 aromatic heterocycles. The molecule has 178 valence electrons. The van der Waals surface area contributed by atoms with Gasteiger partial charge in [-0.1, -0.05) is 31.4 Å². The highest BCUT2D eigenvalue weighted by molar-refractivity contribution is 7.08. The van der Waals surface area contributed by atoms with Crippen LogP contribution in [0, 0.1) is 5.92 Å². The first-order chi connectivity index (χ1) is 17.6. The number of fused-ring (bicyclic) bond motifs is 2. The number of nitrogens with zero attached hydrogens (tertiary/aromatic N) is 3. The minimum atomic E-state index is 0.564. The molecule has 0 unspecified atom stereocenters. The number of aromatic nitrogens is 5. The van der Waals surface area contributed by atoms with Crippen LogP contribution in [-0.2, 0) is 0 Å². The maximum Gasteiger partial charge on any atom is 0.159 e. The van der Waals surface area contributed by atoms with Gasteiger partial charge in [-0.25, -0.2) is 4.98 Å². The quantitative estimate of drug-likeness (QED) is 0.201. The summed E-state index contributed by atoms with van der Waals surface area (Å²) in [5, 5.41) is 16.3. The normalized spacial score (nSPS) is 14.5. The van der Waals surface area contributed by atoms with Crippen molar-refractivity contribution in [3.8, 4) is 22.6 Å². The Morgan fingerprint density at radius 1 is 1.22 bits per heavy atom. The van der Waals surface area contributed by atoms with E-state index >= 15 is 0 Å². The average Bonchev–Trinajstić information content (AvgIpc) is 3.28. The average molecular weight is 491 g/mol. The zero-order valence-corrected chi connectivity index (χ0v) is 20.8. The van der Waals surface area contributed by atoms with E-state index in [1.165, 1.54) is 18.4 Å². The van der Waals surface area contributed by atoms with Crippen LogP contribution in [-0.4, -0.2) is 25.1 Å². The molecule has 5 aromatic rings. The maximum atomic E-state index is 4.96. The molecule has 1 fully saturated rings. The van der Waals surface area contributed by atoms with Gasteiger partial charge in [0.1, 0.15) is 5.69 Å². The van der Waals surface area contributed by atoms with Crippen LogP contribution in [0.3, 0.4) is 0 Å². The Bertz CT molecular complexity index is 1660. The molecule has 1 aliphatic rings. The van der Waals surface area contributed by atoms with Gasteiger partial charge in [-0.15, -0.1) is 0 Å². The van der Waals surface area contributed by atoms with Gasteiger partial charge < -0.3 is 10.3 Å². The van der Waals surface area contributed by atoms with Crippen molar-refractivity contribution in [3.63, 3.8) is 0 Å². The Labute approximate surface area is 213 Å². The first-order valence-corrected chi connectivity index (χ1v) is 12.9. The van der Waals surface area contributed by atoms with E-state index in [0.29, 0.717) is 5.92 Å². The van der Waals surface area contributed by atoms with Crippen LogP contribution in [0.25, 0.3) is 50.2 Å². The van der Waals surface area contributed by atoms with E-state index in [2.05, 4.69) is 74.8 Å². The third-order valence-electron chi connectivity index (χ3n) is 6.53. The summed E-state index contributed by atoms with van der Waals surface area (Å²) in [6, 6.07) is 10.4. The van der Waals surface area contributed by atoms with Crippen molar-refractivity contribution in [1.82, 2.24) is 30.5 Å². The highest BCUT2D eigenvalue weighted by atomic mass is 32.1. The number of H-pyrrole nitrogens is 2. The predicted molar refractivity (Wildman–Crippen MR) is 149 cm³/mol. The third kappa shape index (κ3) is 4.07. The molecule has 1 saturated carbocycles. The molecule has 0 radical (unpaired) electrons. The van der Waals surface area contributed by atoms with E-state index in [1.54, 1.807) is 11.3 Å². The highest BCUT2D eigenvalue weighted by Gasteiger charge is 2.24. The van der Waals surface area contributed by atoms with Gasteiger partial charge in [0.2, 0.25) is 0 Å². The fraction of sp³-hybridized carbons (Fsp3) is 0.138. The van der Waals surface area contributed by atoms with Crippen LogP contribution in [0.2, 0.25) is 0 Å². The summed E-state index contributed by atoms with van der Waals surface area (Å²) in [7, 11) is 0. The molecule has 6 rings (SSSR count). The summed E-state index contributed by atoms with van der Waals surface area (Å²) in [6.07, 6.45) is 10.1. The van der Waals surface area contributed by atoms with E-state index < -0.39 is 0 Å². The van der Waals surface area contributed by atoms with Crippen LogP contribution in [0.4, 0.5) is 0 Å². The van der Waals surface area contributed by atoms with Gasteiger partial charge >= 0.3 is 0 Å². The summed E-state index contributed by atoms with van der Waals surface area (Å²) in [4.78, 5) is 13.1. The number of thiophene rings is 1. The lowest BCUT2D eigenvalue weighted by Gasteiger charge is -2.11. The third-order valence-corrected chi connectivity index (χ3v) is 7.21. The van der Waals surface area contributed by atoms with Gasteiger partial charge in [-0.3, -0.25) is 10.1 Å². The fourth-order valence-electron chi connectivity index (χ4n) is 4.39. The largest absolute Gasteiger partial charge is 0.359 e. The summed E-state index contributed by atoms with van der Waals surface area (Å²) < 4.78 is 0. The molecule has 0 saturated heterocycles. The van der Waals surface area contributed by atoms with E-state index in [4.69, 9.17) is 9.97 Å². The molecule has 3 N–H and O–H groups in total. The second-order valence-corrected chi connectivity index (χ2v) is 9.74. The van der Waals surface area contributed by atoms with Gasteiger partial charge in [0, 0.05) is 22.3 Å². The topological polar surface area (TPSA) is 82.3 Å². The number of rotatable bonds is 8. The second-order valence-electron chi connectivity index (χ2n) is 8.96. The second kappa shape index (κ2) is 9.09. The minimum Gasteiger partial charge on any atom is -0.359 e. The summed E-state index contributed by atoms with van der Waals surface area (Å²) in [5.41, 5.74) is 9.61. The molecular weight excluding hydrogens is 464 g/mol. The number of pyridine rings is 1. The number of hydrogen-bond donors (Lipinski definition) is 3. The van der Waals surface area contributed by atoms with Crippen molar-refractivity contribution in [3.05, 3.63) is 95.8 Å². The van der Waals surface area contributed by atoms with Crippen molar-refractivity contribution < 1.29 is 0 Å². The molecule has 36 heavy (non-hydrogen) atoms. The number of benzene rings is 1. The maximum absolute atomic E-state index is 4.96. The van der Waals surface area contributed by atoms with Crippen molar-refractivity contribution in [2.24, 2.45) is 5.92 Å². The molecule has 0 spiro atoms. The van der Waals surface area contributed by atoms with Crippen molar-refractivity contribution in [2.75, 3.05) is 0 Å². The summed E-state index contributed by atoms with van der Waals surface area (Å²) in [6.45, 7) is 10.2. The Morgan fingerprint density at radius 3 is 2.86 bits per heavy atom. The Hall–Kier alpha value is -4.23. The van der Waals surface area contributed by atoms with Crippen LogP contribution in [0.5, 0.6) is 0 Å². The van der Waals surface area contributed by atoms with Crippen molar-refractivity contribution in [1.29, 1.82) is 0 Å². The number of nitrogens with one attached hydrogen (secondary N) is 3. The molecule has 7 heteroatoms. The predicted octanol–water partition coefficient (Wildman–Crippen LogP) is 7.22. The lowest BCUT2D eigenvalue weighted by Crippen LogP contribution is -2.11. The van der Waals surface area contributed by atoms with Crippen molar-refractivity contribution >= 4 is 38.8 Å². The number of imidazole rings is 1. The standard InChI is InChI=1S/C29H26N6S/c1-4-18(13-21(5-2)31-17(3)19-9-10-19)25-14-23-26(15-30-25)34-35-28(23)29-32-24-8-6-7-22(27(24)33-29)20-11-12-36-16-20/h4-8,11-16,19,31H,2-3,9-10H2,1H3,(H,32,33)(H,34,35)/b18-4+,21-13+. The van der Waals surface area contributed by atoms with Crippen LogP contribution < -0.4 is 5.32 Å². The highest BCUT2D eigenvalue weighted by Crippen LogP contribution is 2.35. The smallest absolute Gasteiger partial charge is 0.159 e. The molecule has 6 nitrogen and oxygen atoms in total. The summed E-state index contributed by atoms with van der Waals surface area (Å²) in [5.74, 6) is 1.29. The SMILES string of the molecule is C=C/C(=C\C(=C/C)c1cc2c(-c3nc4c(-c5ccsc5)cccc4[nH]3)n[nH]c2cn1)NC(=C)C1CC1. The van der Waals surface area contributed by atoms with E-state index in [1.807, 2.05) is 31.3 Å². The molecule has 0 bridgehead atoms. The Balaban J connectivity index is 1.39. The lowest BCUT2D eigenvalue weighted by molar-refractivity contribution is 0.865. The van der Waals surface area contributed by atoms with Crippen LogP contribution in [0.1, 0.15) is 25.5 Å². The van der Waals surface area contributed by atoms with E-state index in [-0.39, 0.29) is 0 Å². The first kappa shape index (κ1) is 22.2. The Morgan fingerprint density at radius 2 is 2.11 bits per heavy atom. The van der Waals surface area contributed by atoms with Gasteiger partial charge in [0.15, 0.2) is 5.82 Å². The van der Waals surface area contributed by atoms with E-state index in [0.717, 1.165) is 61.7 Å². The van der Waals surface area contributed by atoms with Gasteiger partial charge in [0.05, 0.1) is 28.4 Å². The number of aromatic amines is 2. The number of hydrogen-bond acceptors (Lipinski definition) is 5. The lowest BCUT2D eigenvalue weighted by atomic mass is 10.1. The number of para-hydroxylation sites is 1. The number of allylic oxidation sites excluding steroid dienone is 5.